The van der Waals surface area contributed by atoms with Crippen LogP contribution in [0.15, 0.2) is 67.3 Å². The van der Waals surface area contributed by atoms with Crippen LogP contribution in [0.4, 0.5) is 5.69 Å². The Hall–Kier alpha value is -3.32. The molecule has 1 aliphatic heterocycles. The molecule has 1 saturated heterocycles. The molecule has 192 valence electrons. The zero-order valence-corrected chi connectivity index (χ0v) is 21.3. The molecule has 0 aromatic heterocycles. The summed E-state index contributed by atoms with van der Waals surface area (Å²) < 4.78 is 5.46. The van der Waals surface area contributed by atoms with Gasteiger partial charge in [-0.15, -0.1) is 0 Å². The summed E-state index contributed by atoms with van der Waals surface area (Å²) in [5.41, 5.74) is 1.87. The topological polar surface area (TPSA) is 78.9 Å². The summed E-state index contributed by atoms with van der Waals surface area (Å²) in [7, 11) is 0. The molecule has 2 aromatic carbocycles. The number of para-hydroxylation sites is 1. The summed E-state index contributed by atoms with van der Waals surface area (Å²) in [5.74, 6) is -1.09. The van der Waals surface area contributed by atoms with Crippen LogP contribution in [-0.2, 0) is 25.7 Å². The first-order valence-electron chi connectivity index (χ1n) is 12.4. The minimum atomic E-state index is -0.463. The zero-order valence-electron chi connectivity index (χ0n) is 20.5. The van der Waals surface area contributed by atoms with E-state index in [0.29, 0.717) is 57.0 Å². The maximum absolute atomic E-state index is 13.4. The van der Waals surface area contributed by atoms with Gasteiger partial charge in [0.1, 0.15) is 6.61 Å². The van der Waals surface area contributed by atoms with Crippen LogP contribution >= 0.6 is 11.6 Å². The molecule has 3 rings (SSSR count). The lowest BCUT2D eigenvalue weighted by Crippen LogP contribution is -2.50. The van der Waals surface area contributed by atoms with E-state index >= 15 is 0 Å². The lowest BCUT2D eigenvalue weighted by Gasteiger charge is -2.38. The van der Waals surface area contributed by atoms with Crippen molar-refractivity contribution in [2.45, 2.75) is 32.3 Å². The van der Waals surface area contributed by atoms with Gasteiger partial charge in [0.15, 0.2) is 0 Å². The van der Waals surface area contributed by atoms with E-state index in [0.717, 1.165) is 11.3 Å². The number of piperazine rings is 1. The minimum Gasteiger partial charge on any atom is -0.461 e. The summed E-state index contributed by atoms with van der Waals surface area (Å²) in [6, 6.07) is 17.2. The lowest BCUT2D eigenvalue weighted by atomic mass is 9.96. The van der Waals surface area contributed by atoms with Crippen LogP contribution in [0.5, 0.6) is 0 Å². The van der Waals surface area contributed by atoms with E-state index in [2.05, 4.69) is 16.8 Å². The van der Waals surface area contributed by atoms with Gasteiger partial charge < -0.3 is 19.9 Å². The Bertz CT molecular complexity index is 1020. The summed E-state index contributed by atoms with van der Waals surface area (Å²) in [5, 5.41) is 3.44. The van der Waals surface area contributed by atoms with Gasteiger partial charge in [-0.2, -0.15) is 0 Å². The number of hydrogen-bond acceptors (Lipinski definition) is 5. The maximum Gasteiger partial charge on any atom is 0.306 e. The Labute approximate surface area is 218 Å². The lowest BCUT2D eigenvalue weighted by molar-refractivity contribution is -0.150. The van der Waals surface area contributed by atoms with Crippen LogP contribution in [0.1, 0.15) is 31.2 Å². The van der Waals surface area contributed by atoms with Crippen molar-refractivity contribution in [2.24, 2.45) is 5.92 Å². The van der Waals surface area contributed by atoms with Crippen LogP contribution in [0.2, 0.25) is 5.02 Å². The number of anilines is 1. The molecule has 0 aliphatic carbocycles. The highest BCUT2D eigenvalue weighted by Crippen LogP contribution is 2.27. The molecule has 0 saturated carbocycles. The minimum absolute atomic E-state index is 0.0272. The fraction of sp³-hybridized carbons (Fsp3) is 0.393. The van der Waals surface area contributed by atoms with E-state index in [-0.39, 0.29) is 30.8 Å². The van der Waals surface area contributed by atoms with E-state index in [1.165, 1.54) is 6.08 Å². The molecule has 1 N–H and O–H groups in total. The van der Waals surface area contributed by atoms with Gasteiger partial charge in [0.05, 0.1) is 17.1 Å². The highest BCUT2D eigenvalue weighted by atomic mass is 35.5. The first-order chi connectivity index (χ1) is 17.5. The quantitative estimate of drug-likeness (QED) is 0.262. The first kappa shape index (κ1) is 27.3. The summed E-state index contributed by atoms with van der Waals surface area (Å²) in [6.07, 6.45) is 3.24. The molecule has 1 atom stereocenters. The molecule has 36 heavy (non-hydrogen) atoms. The molecule has 2 amide bonds. The third kappa shape index (κ3) is 8.41. The molecule has 1 fully saturated rings. The van der Waals surface area contributed by atoms with Gasteiger partial charge in [0.25, 0.3) is 0 Å². The van der Waals surface area contributed by atoms with Crippen molar-refractivity contribution in [1.29, 1.82) is 0 Å². The predicted octanol–water partition coefficient (Wildman–Crippen LogP) is 4.21. The Kier molecular flexibility index (Phi) is 10.8. The normalized spacial score (nSPS) is 14.1. The van der Waals surface area contributed by atoms with Crippen LogP contribution in [0, 0.1) is 5.92 Å². The second-order valence-electron chi connectivity index (χ2n) is 8.80. The number of nitrogens with one attached hydrogen (secondary N) is 1. The summed E-state index contributed by atoms with van der Waals surface area (Å²) in [4.78, 5) is 41.4. The molecule has 7 nitrogen and oxygen atoms in total. The largest absolute Gasteiger partial charge is 0.461 e. The molecule has 0 radical (unpaired) electrons. The molecule has 0 spiro atoms. The van der Waals surface area contributed by atoms with Crippen LogP contribution in [-0.4, -0.2) is 55.4 Å². The highest BCUT2D eigenvalue weighted by molar-refractivity contribution is 6.33. The second kappa shape index (κ2) is 14.3. The monoisotopic (exact) mass is 511 g/mol. The fourth-order valence-electron chi connectivity index (χ4n) is 4.24. The summed E-state index contributed by atoms with van der Waals surface area (Å²) >= 11 is 6.34. The van der Waals surface area contributed by atoms with E-state index in [1.54, 1.807) is 0 Å². The smallest absolute Gasteiger partial charge is 0.306 e. The number of esters is 1. The van der Waals surface area contributed by atoms with Crippen molar-refractivity contribution in [2.75, 3.05) is 37.6 Å². The maximum atomic E-state index is 13.4. The number of amides is 2. The summed E-state index contributed by atoms with van der Waals surface area (Å²) in [6.45, 7) is 6.60. The number of nitrogens with zero attached hydrogens (tertiary/aromatic N) is 2. The second-order valence-corrected chi connectivity index (χ2v) is 9.21. The Morgan fingerprint density at radius 1 is 1.00 bits per heavy atom. The number of carbonyl (C=O) groups excluding carboxylic acids is 3. The van der Waals surface area contributed by atoms with Gasteiger partial charge in [-0.25, -0.2) is 0 Å². The highest BCUT2D eigenvalue weighted by Gasteiger charge is 2.29. The van der Waals surface area contributed by atoms with E-state index < -0.39 is 5.92 Å². The number of rotatable bonds is 12. The Morgan fingerprint density at radius 2 is 1.69 bits per heavy atom. The van der Waals surface area contributed by atoms with E-state index in [4.69, 9.17) is 16.3 Å². The van der Waals surface area contributed by atoms with Gasteiger partial charge >= 0.3 is 5.97 Å². The van der Waals surface area contributed by atoms with Crippen molar-refractivity contribution in [3.63, 3.8) is 0 Å². The van der Waals surface area contributed by atoms with Gasteiger partial charge in [-0.05, 0) is 36.6 Å². The molecule has 1 aliphatic rings. The Balaban J connectivity index is 1.55. The van der Waals surface area contributed by atoms with Crippen LogP contribution < -0.4 is 10.2 Å². The first-order valence-corrected chi connectivity index (χ1v) is 12.7. The van der Waals surface area contributed by atoms with Gasteiger partial charge in [0, 0.05) is 38.6 Å². The molecular formula is C28H34ClN3O4. The van der Waals surface area contributed by atoms with Crippen molar-refractivity contribution in [1.82, 2.24) is 10.2 Å². The van der Waals surface area contributed by atoms with Crippen molar-refractivity contribution >= 4 is 35.1 Å². The van der Waals surface area contributed by atoms with Crippen molar-refractivity contribution < 1.29 is 19.1 Å². The fourth-order valence-corrected chi connectivity index (χ4v) is 4.50. The molecule has 8 heteroatoms. The predicted molar refractivity (Wildman–Crippen MR) is 142 cm³/mol. The third-order valence-corrected chi connectivity index (χ3v) is 6.57. The number of ether oxygens (including phenoxy) is 1. The number of hydrogen-bond donors (Lipinski definition) is 1. The average Bonchev–Trinajstić information content (AvgIpc) is 2.91. The van der Waals surface area contributed by atoms with Gasteiger partial charge in [-0.3, -0.25) is 14.4 Å². The number of benzene rings is 2. The van der Waals surface area contributed by atoms with E-state index in [9.17, 15) is 14.4 Å². The van der Waals surface area contributed by atoms with Crippen LogP contribution in [0.25, 0.3) is 0 Å². The Morgan fingerprint density at radius 3 is 2.39 bits per heavy atom. The van der Waals surface area contributed by atoms with E-state index in [1.807, 2.05) is 59.5 Å². The number of carbonyl (C=O) groups is 3. The molecule has 0 bridgehead atoms. The molecule has 2 aromatic rings. The van der Waals surface area contributed by atoms with Gasteiger partial charge in [-0.1, -0.05) is 67.1 Å². The molecular weight excluding hydrogens is 478 g/mol. The third-order valence-electron chi connectivity index (χ3n) is 6.25. The molecule has 1 heterocycles. The zero-order chi connectivity index (χ0) is 25.8. The van der Waals surface area contributed by atoms with Crippen LogP contribution in [0.3, 0.4) is 0 Å². The van der Waals surface area contributed by atoms with Crippen molar-refractivity contribution in [3.05, 3.63) is 77.8 Å². The molecule has 0 unspecified atom stereocenters. The number of halogens is 1. The standard InChI is InChI=1S/C28H34ClN3O4/c1-2-26(33)30-15-9-8-12-23(20-27(34)36-21-22-10-4-3-5-11-22)28(35)32-18-16-31(17-19-32)25-14-7-6-13-24(25)29/h2-7,10-11,13-14,23H,1,8-9,12,15-21H2,(H,30,33)/t23-/m1/s1. The SMILES string of the molecule is C=CC(=O)NCCCC[C@H](CC(=O)OCc1ccccc1)C(=O)N1CCN(c2ccccc2Cl)CC1. The number of unbranched alkanes of at least 4 members (excludes halogenated alkanes) is 1. The van der Waals surface area contributed by atoms with Crippen molar-refractivity contribution in [3.8, 4) is 0 Å². The van der Waals surface area contributed by atoms with Gasteiger partial charge in [0.2, 0.25) is 11.8 Å². The average molecular weight is 512 g/mol.